The van der Waals surface area contributed by atoms with Crippen molar-refractivity contribution in [3.63, 3.8) is 0 Å². The third-order valence-electron chi connectivity index (χ3n) is 3.89. The minimum Gasteiger partial charge on any atom is -0.493 e. The monoisotopic (exact) mass is 344 g/mol. The molecule has 1 amide bonds. The molecule has 0 atom stereocenters. The van der Waals surface area contributed by atoms with Crippen molar-refractivity contribution in [2.45, 2.75) is 6.92 Å². The van der Waals surface area contributed by atoms with Crippen LogP contribution in [0.5, 0.6) is 11.5 Å². The van der Waals surface area contributed by atoms with E-state index in [4.69, 9.17) is 21.1 Å². The van der Waals surface area contributed by atoms with E-state index < -0.39 is 0 Å². The average molecular weight is 345 g/mol. The first-order chi connectivity index (χ1) is 11.5. The second-order valence-corrected chi connectivity index (χ2v) is 5.78. The van der Waals surface area contributed by atoms with Gasteiger partial charge in [-0.3, -0.25) is 4.79 Å². The fourth-order valence-corrected chi connectivity index (χ4v) is 2.81. The molecule has 0 spiro atoms. The lowest BCUT2D eigenvalue weighted by Crippen LogP contribution is -2.13. The topological polar surface area (TPSA) is 63.3 Å². The number of benzene rings is 2. The summed E-state index contributed by atoms with van der Waals surface area (Å²) in [7, 11) is 3.12. The quantitative estimate of drug-likeness (QED) is 0.737. The van der Waals surface area contributed by atoms with Crippen molar-refractivity contribution in [2.75, 3.05) is 19.5 Å². The van der Waals surface area contributed by atoms with Crippen LogP contribution in [0.3, 0.4) is 0 Å². The molecule has 1 aromatic heterocycles. The van der Waals surface area contributed by atoms with Gasteiger partial charge in [-0.15, -0.1) is 0 Å². The molecule has 0 fully saturated rings. The maximum atomic E-state index is 12.6. The third kappa shape index (κ3) is 2.90. The lowest BCUT2D eigenvalue weighted by molar-refractivity contribution is 0.102. The molecule has 5 nitrogen and oxygen atoms in total. The number of halogens is 1. The van der Waals surface area contributed by atoms with E-state index in [0.29, 0.717) is 27.9 Å². The van der Waals surface area contributed by atoms with Crippen LogP contribution < -0.4 is 14.8 Å². The zero-order valence-electron chi connectivity index (χ0n) is 13.6. The van der Waals surface area contributed by atoms with Gasteiger partial charge >= 0.3 is 0 Å². The number of nitrogens with one attached hydrogen (secondary N) is 2. The molecule has 0 saturated carbocycles. The predicted octanol–water partition coefficient (Wildman–Crippen LogP) is 4.40. The van der Waals surface area contributed by atoms with Crippen molar-refractivity contribution in [3.05, 3.63) is 52.7 Å². The minimum absolute atomic E-state index is 0.230. The number of hydrogen-bond donors (Lipinski definition) is 2. The highest BCUT2D eigenvalue weighted by Gasteiger charge is 2.16. The van der Waals surface area contributed by atoms with Crippen LogP contribution in [-0.2, 0) is 0 Å². The molecule has 0 unspecified atom stereocenters. The number of H-pyrrole nitrogens is 1. The number of methoxy groups -OCH3 is 2. The normalized spacial score (nSPS) is 10.7. The lowest BCUT2D eigenvalue weighted by Gasteiger charge is -2.10. The second kappa shape index (κ2) is 6.45. The summed E-state index contributed by atoms with van der Waals surface area (Å²) >= 11 is 6.03. The van der Waals surface area contributed by atoms with Crippen molar-refractivity contribution in [3.8, 4) is 11.5 Å². The largest absolute Gasteiger partial charge is 0.493 e. The van der Waals surface area contributed by atoms with Crippen molar-refractivity contribution < 1.29 is 14.3 Å². The Bertz CT molecular complexity index is 918. The smallest absolute Gasteiger partial charge is 0.272 e. The number of amides is 1. The fourth-order valence-electron chi connectivity index (χ4n) is 2.63. The Labute approximate surface area is 144 Å². The van der Waals surface area contributed by atoms with Crippen LogP contribution in [0.1, 0.15) is 16.1 Å². The third-order valence-corrected chi connectivity index (χ3v) is 4.12. The SMILES string of the molecule is COc1ccc(NC(=O)c2[nH]c3ccc(Cl)cc3c2C)cc1OC. The van der Waals surface area contributed by atoms with E-state index >= 15 is 0 Å². The Kier molecular flexibility index (Phi) is 4.36. The molecule has 124 valence electrons. The van der Waals surface area contributed by atoms with E-state index in [-0.39, 0.29) is 5.91 Å². The standard InChI is InChI=1S/C18H17ClN2O3/c1-10-13-8-11(19)4-6-14(13)21-17(10)18(22)20-12-5-7-15(23-2)16(9-12)24-3/h4-9,21H,1-3H3,(H,20,22). The Morgan fingerprint density at radius 1 is 1.08 bits per heavy atom. The van der Waals surface area contributed by atoms with Crippen molar-refractivity contribution in [2.24, 2.45) is 0 Å². The van der Waals surface area contributed by atoms with Gasteiger partial charge in [0, 0.05) is 27.7 Å². The summed E-state index contributed by atoms with van der Waals surface area (Å²) in [6, 6.07) is 10.7. The van der Waals surface area contributed by atoms with Gasteiger partial charge in [0.1, 0.15) is 5.69 Å². The van der Waals surface area contributed by atoms with Crippen LogP contribution in [0.25, 0.3) is 10.9 Å². The number of carbonyl (C=O) groups is 1. The molecule has 0 aliphatic carbocycles. The molecular weight excluding hydrogens is 328 g/mol. The van der Waals surface area contributed by atoms with E-state index in [9.17, 15) is 4.79 Å². The average Bonchev–Trinajstić information content (AvgIpc) is 2.91. The molecule has 0 aliphatic heterocycles. The Balaban J connectivity index is 1.91. The Morgan fingerprint density at radius 2 is 1.83 bits per heavy atom. The summed E-state index contributed by atoms with van der Waals surface area (Å²) in [6.45, 7) is 1.89. The first-order valence-electron chi connectivity index (χ1n) is 7.34. The maximum absolute atomic E-state index is 12.6. The van der Waals surface area contributed by atoms with Crippen LogP contribution >= 0.6 is 11.6 Å². The first-order valence-corrected chi connectivity index (χ1v) is 7.72. The van der Waals surface area contributed by atoms with Crippen molar-refractivity contribution in [1.29, 1.82) is 0 Å². The van der Waals surface area contributed by atoms with Gasteiger partial charge < -0.3 is 19.8 Å². The molecule has 0 radical (unpaired) electrons. The number of anilines is 1. The van der Waals surface area contributed by atoms with E-state index in [1.165, 1.54) is 0 Å². The summed E-state index contributed by atoms with van der Waals surface area (Å²) in [5, 5.41) is 4.43. The summed E-state index contributed by atoms with van der Waals surface area (Å²) in [5.74, 6) is 0.925. The number of hydrogen-bond acceptors (Lipinski definition) is 3. The van der Waals surface area contributed by atoms with Crippen molar-refractivity contribution in [1.82, 2.24) is 4.98 Å². The van der Waals surface area contributed by atoms with Gasteiger partial charge in [-0.2, -0.15) is 0 Å². The second-order valence-electron chi connectivity index (χ2n) is 5.34. The molecule has 2 aromatic carbocycles. The number of carbonyl (C=O) groups excluding carboxylic acids is 1. The van der Waals surface area contributed by atoms with E-state index in [0.717, 1.165) is 16.5 Å². The molecule has 2 N–H and O–H groups in total. The van der Waals surface area contributed by atoms with E-state index in [1.54, 1.807) is 38.5 Å². The fraction of sp³-hybridized carbons (Fsp3) is 0.167. The maximum Gasteiger partial charge on any atom is 0.272 e. The molecule has 3 rings (SSSR count). The van der Waals surface area contributed by atoms with Gasteiger partial charge in [0.15, 0.2) is 11.5 Å². The number of fused-ring (bicyclic) bond motifs is 1. The van der Waals surface area contributed by atoms with Gasteiger partial charge in [0.05, 0.1) is 14.2 Å². The number of aromatic nitrogens is 1. The Hall–Kier alpha value is -2.66. The van der Waals surface area contributed by atoms with Gasteiger partial charge in [-0.05, 0) is 42.8 Å². The summed E-state index contributed by atoms with van der Waals surface area (Å²) in [6.07, 6.45) is 0. The van der Waals surface area contributed by atoms with E-state index in [2.05, 4.69) is 10.3 Å². The summed E-state index contributed by atoms with van der Waals surface area (Å²) < 4.78 is 10.4. The number of rotatable bonds is 4. The van der Waals surface area contributed by atoms with Crippen LogP contribution in [0.4, 0.5) is 5.69 Å². The highest BCUT2D eigenvalue weighted by atomic mass is 35.5. The van der Waals surface area contributed by atoms with Crippen LogP contribution in [0, 0.1) is 6.92 Å². The first kappa shape index (κ1) is 16.2. The highest BCUT2D eigenvalue weighted by Crippen LogP contribution is 2.30. The number of aromatic amines is 1. The molecule has 0 saturated heterocycles. The van der Waals surface area contributed by atoms with Gasteiger partial charge in [-0.25, -0.2) is 0 Å². The molecule has 24 heavy (non-hydrogen) atoms. The zero-order valence-corrected chi connectivity index (χ0v) is 14.3. The number of aryl methyl sites for hydroxylation is 1. The van der Waals surface area contributed by atoms with Gasteiger partial charge in [0.25, 0.3) is 5.91 Å². The van der Waals surface area contributed by atoms with Crippen LogP contribution in [0.2, 0.25) is 5.02 Å². The zero-order chi connectivity index (χ0) is 17.3. The van der Waals surface area contributed by atoms with Crippen LogP contribution in [-0.4, -0.2) is 25.1 Å². The molecule has 3 aromatic rings. The number of ether oxygens (including phenoxy) is 2. The molecule has 0 aliphatic rings. The van der Waals surface area contributed by atoms with E-state index in [1.807, 2.05) is 19.1 Å². The predicted molar refractivity (Wildman–Crippen MR) is 95.5 cm³/mol. The van der Waals surface area contributed by atoms with Crippen LogP contribution in [0.15, 0.2) is 36.4 Å². The molecular formula is C18H17ClN2O3. The van der Waals surface area contributed by atoms with Gasteiger partial charge in [-0.1, -0.05) is 11.6 Å². The summed E-state index contributed by atoms with van der Waals surface area (Å²) in [4.78, 5) is 15.7. The molecule has 0 bridgehead atoms. The van der Waals surface area contributed by atoms with Crippen molar-refractivity contribution >= 4 is 34.1 Å². The molecule has 6 heteroatoms. The summed E-state index contributed by atoms with van der Waals surface area (Å²) in [5.41, 5.74) is 2.84. The highest BCUT2D eigenvalue weighted by molar-refractivity contribution is 6.31. The Morgan fingerprint density at radius 3 is 2.54 bits per heavy atom. The van der Waals surface area contributed by atoms with Gasteiger partial charge in [0.2, 0.25) is 0 Å². The lowest BCUT2D eigenvalue weighted by atomic mass is 10.1. The molecule has 1 heterocycles. The minimum atomic E-state index is -0.230.